The molecule has 1 saturated heterocycles. The summed E-state index contributed by atoms with van der Waals surface area (Å²) >= 11 is 0. The van der Waals surface area contributed by atoms with Crippen molar-refractivity contribution in [1.82, 2.24) is 19.8 Å². The van der Waals surface area contributed by atoms with Crippen LogP contribution in [0, 0.1) is 10.1 Å². The van der Waals surface area contributed by atoms with Crippen LogP contribution in [0.5, 0.6) is 0 Å². The largest absolute Gasteiger partial charge is 0.390 e. The standard InChI is InChI=1S/C28H27N5O5/c34-18(14-31-10-4-1-5-11-31)15-32-16-22(20-12-17(33(37)38)8-9-24(20)32)26-25(27(35)30-28(26)36)21-13-29-23-7-3-2-6-19(21)23/h2-3,6-9,12-13,16,18,29,34H,1,4-5,10-11,14-15H2,(H,30,35,36). The van der Waals surface area contributed by atoms with E-state index in [2.05, 4.69) is 15.2 Å². The number of imide groups is 1. The number of rotatable bonds is 7. The van der Waals surface area contributed by atoms with Gasteiger partial charge < -0.3 is 19.6 Å². The van der Waals surface area contributed by atoms with E-state index in [9.17, 15) is 24.8 Å². The molecular formula is C28H27N5O5. The number of carbonyl (C=O) groups excluding carboxylic acids is 2. The van der Waals surface area contributed by atoms with Crippen LogP contribution in [0.3, 0.4) is 0 Å². The van der Waals surface area contributed by atoms with Crippen LogP contribution in [-0.2, 0) is 16.1 Å². The van der Waals surface area contributed by atoms with Gasteiger partial charge in [0.25, 0.3) is 17.5 Å². The van der Waals surface area contributed by atoms with Gasteiger partial charge in [-0.2, -0.15) is 0 Å². The molecule has 2 amide bonds. The van der Waals surface area contributed by atoms with Gasteiger partial charge in [-0.05, 0) is 38.1 Å². The third-order valence-electron chi connectivity index (χ3n) is 7.46. The molecule has 0 spiro atoms. The summed E-state index contributed by atoms with van der Waals surface area (Å²) in [5, 5.41) is 26.2. The number of nitrogens with zero attached hydrogens (tertiary/aromatic N) is 3. The van der Waals surface area contributed by atoms with Gasteiger partial charge >= 0.3 is 0 Å². The van der Waals surface area contributed by atoms with E-state index in [1.54, 1.807) is 18.5 Å². The molecule has 1 unspecified atom stereocenters. The van der Waals surface area contributed by atoms with Crippen molar-refractivity contribution >= 4 is 50.5 Å². The third-order valence-corrected chi connectivity index (χ3v) is 7.46. The summed E-state index contributed by atoms with van der Waals surface area (Å²) in [6.45, 7) is 2.66. The van der Waals surface area contributed by atoms with Crippen LogP contribution in [-0.4, -0.2) is 62.0 Å². The first kappa shape index (κ1) is 24.1. The van der Waals surface area contributed by atoms with Crippen LogP contribution >= 0.6 is 0 Å². The molecule has 6 rings (SSSR count). The highest BCUT2D eigenvalue weighted by Crippen LogP contribution is 2.39. The smallest absolute Gasteiger partial charge is 0.270 e. The molecule has 2 aliphatic heterocycles. The minimum atomic E-state index is -0.673. The zero-order valence-corrected chi connectivity index (χ0v) is 20.6. The molecule has 10 heteroatoms. The summed E-state index contributed by atoms with van der Waals surface area (Å²) in [7, 11) is 0. The number of carbonyl (C=O) groups is 2. The number of nitrogens with one attached hydrogen (secondary N) is 2. The monoisotopic (exact) mass is 513 g/mol. The number of aliphatic hydroxyl groups is 1. The number of aliphatic hydroxyl groups excluding tert-OH is 1. The van der Waals surface area contributed by atoms with Crippen LogP contribution in [0.4, 0.5) is 5.69 Å². The van der Waals surface area contributed by atoms with Gasteiger partial charge in [0.15, 0.2) is 0 Å². The minimum Gasteiger partial charge on any atom is -0.390 e. The number of aromatic nitrogens is 2. The Morgan fingerprint density at radius 3 is 2.45 bits per heavy atom. The number of likely N-dealkylation sites (tertiary alicyclic amines) is 1. The second-order valence-corrected chi connectivity index (χ2v) is 9.95. The van der Waals surface area contributed by atoms with E-state index in [0.29, 0.717) is 28.6 Å². The van der Waals surface area contributed by atoms with E-state index in [1.807, 2.05) is 28.8 Å². The maximum absolute atomic E-state index is 13.2. The minimum absolute atomic E-state index is 0.121. The molecular weight excluding hydrogens is 486 g/mol. The first-order chi connectivity index (χ1) is 18.4. The van der Waals surface area contributed by atoms with Crippen molar-refractivity contribution in [3.8, 4) is 0 Å². The van der Waals surface area contributed by atoms with Crippen LogP contribution in [0.25, 0.3) is 33.0 Å². The number of aromatic amines is 1. The molecule has 1 fully saturated rings. The number of piperidine rings is 1. The lowest BCUT2D eigenvalue weighted by atomic mass is 9.95. The number of nitro groups is 1. The Labute approximate surface area is 217 Å². The van der Waals surface area contributed by atoms with Gasteiger partial charge in [0, 0.05) is 70.5 Å². The van der Waals surface area contributed by atoms with E-state index < -0.39 is 22.8 Å². The van der Waals surface area contributed by atoms with Gasteiger partial charge in [-0.25, -0.2) is 0 Å². The highest BCUT2D eigenvalue weighted by Gasteiger charge is 2.35. The van der Waals surface area contributed by atoms with Gasteiger partial charge in [0.05, 0.1) is 22.2 Å². The molecule has 2 aliphatic rings. The van der Waals surface area contributed by atoms with Crippen molar-refractivity contribution in [2.45, 2.75) is 31.9 Å². The van der Waals surface area contributed by atoms with E-state index in [4.69, 9.17) is 0 Å². The molecule has 194 valence electrons. The Balaban J connectivity index is 1.49. The molecule has 2 aromatic carbocycles. The number of nitro benzene ring substituents is 1. The van der Waals surface area contributed by atoms with E-state index in [0.717, 1.165) is 36.8 Å². The van der Waals surface area contributed by atoms with Crippen LogP contribution < -0.4 is 5.32 Å². The number of H-pyrrole nitrogens is 1. The molecule has 0 radical (unpaired) electrons. The molecule has 4 aromatic rings. The number of β-amino-alcohol motifs (C(OH)–C–C–N with tert-alkyl or cyclic N) is 1. The second kappa shape index (κ2) is 9.55. The van der Waals surface area contributed by atoms with Crippen LogP contribution in [0.1, 0.15) is 30.4 Å². The van der Waals surface area contributed by atoms with Gasteiger partial charge in [-0.15, -0.1) is 0 Å². The molecule has 0 bridgehead atoms. The number of amides is 2. The number of benzene rings is 2. The molecule has 1 atom stereocenters. The quantitative estimate of drug-likeness (QED) is 0.197. The summed E-state index contributed by atoms with van der Waals surface area (Å²) in [5.41, 5.74) is 2.71. The van der Waals surface area contributed by atoms with E-state index >= 15 is 0 Å². The Bertz CT molecular complexity index is 1630. The van der Waals surface area contributed by atoms with Crippen molar-refractivity contribution in [3.63, 3.8) is 0 Å². The van der Waals surface area contributed by atoms with Crippen LogP contribution in [0.2, 0.25) is 0 Å². The van der Waals surface area contributed by atoms with Gasteiger partial charge in [-0.3, -0.25) is 25.0 Å². The predicted octanol–water partition coefficient (Wildman–Crippen LogP) is 3.44. The van der Waals surface area contributed by atoms with Crippen molar-refractivity contribution < 1.29 is 19.6 Å². The van der Waals surface area contributed by atoms with Crippen LogP contribution in [0.15, 0.2) is 54.9 Å². The summed E-state index contributed by atoms with van der Waals surface area (Å²) in [5.74, 6) is -1.08. The molecule has 0 aliphatic carbocycles. The normalized spacial score (nSPS) is 17.5. The maximum atomic E-state index is 13.2. The number of hydrogen-bond donors (Lipinski definition) is 3. The lowest BCUT2D eigenvalue weighted by Crippen LogP contribution is -2.37. The highest BCUT2D eigenvalue weighted by molar-refractivity contribution is 6.50. The molecule has 4 heterocycles. The molecule has 2 aromatic heterocycles. The van der Waals surface area contributed by atoms with Gasteiger partial charge in [0.2, 0.25) is 0 Å². The molecule has 10 nitrogen and oxygen atoms in total. The SMILES string of the molecule is O=C1NC(=O)C(c2cn(CC(O)CN3CCCCC3)c3ccc([N+](=O)[O-])cc23)=C1c1c[nH]c2ccccc12. The predicted molar refractivity (Wildman–Crippen MR) is 143 cm³/mol. The lowest BCUT2D eigenvalue weighted by Gasteiger charge is -2.28. The fraction of sp³-hybridized carbons (Fsp3) is 0.286. The summed E-state index contributed by atoms with van der Waals surface area (Å²) in [4.78, 5) is 42.8. The zero-order valence-electron chi connectivity index (χ0n) is 20.6. The van der Waals surface area contributed by atoms with Crippen molar-refractivity contribution in [2.24, 2.45) is 0 Å². The maximum Gasteiger partial charge on any atom is 0.270 e. The Morgan fingerprint density at radius 1 is 0.947 bits per heavy atom. The zero-order chi connectivity index (χ0) is 26.4. The van der Waals surface area contributed by atoms with Crippen molar-refractivity contribution in [2.75, 3.05) is 19.6 Å². The highest BCUT2D eigenvalue weighted by atomic mass is 16.6. The van der Waals surface area contributed by atoms with E-state index in [1.165, 1.54) is 18.6 Å². The van der Waals surface area contributed by atoms with Gasteiger partial charge in [0.1, 0.15) is 0 Å². The second-order valence-electron chi connectivity index (χ2n) is 9.95. The Hall–Kier alpha value is -4.28. The summed E-state index contributed by atoms with van der Waals surface area (Å²) in [6, 6.07) is 11.9. The molecule has 38 heavy (non-hydrogen) atoms. The first-order valence-corrected chi connectivity index (χ1v) is 12.7. The Kier molecular flexibility index (Phi) is 6.05. The van der Waals surface area contributed by atoms with Crippen molar-refractivity contribution in [3.05, 3.63) is 76.1 Å². The molecule has 3 N–H and O–H groups in total. The summed E-state index contributed by atoms with van der Waals surface area (Å²) in [6.07, 6.45) is 6.17. The average molecular weight is 514 g/mol. The topological polar surface area (TPSA) is 134 Å². The number of fused-ring (bicyclic) bond motifs is 2. The molecule has 0 saturated carbocycles. The van der Waals surface area contributed by atoms with Gasteiger partial charge in [-0.1, -0.05) is 24.6 Å². The Morgan fingerprint density at radius 2 is 1.68 bits per heavy atom. The average Bonchev–Trinajstić information content (AvgIpc) is 3.57. The lowest BCUT2D eigenvalue weighted by molar-refractivity contribution is -0.384. The fourth-order valence-corrected chi connectivity index (χ4v) is 5.72. The third kappa shape index (κ3) is 4.17. The van der Waals surface area contributed by atoms with E-state index in [-0.39, 0.29) is 23.4 Å². The number of hydrogen-bond acceptors (Lipinski definition) is 6. The number of non-ortho nitro benzene ring substituents is 1. The summed E-state index contributed by atoms with van der Waals surface area (Å²) < 4.78 is 1.82. The van der Waals surface area contributed by atoms with Crippen molar-refractivity contribution in [1.29, 1.82) is 0 Å². The first-order valence-electron chi connectivity index (χ1n) is 12.7. The number of para-hydroxylation sites is 1. The fourth-order valence-electron chi connectivity index (χ4n) is 5.72.